The van der Waals surface area contributed by atoms with Crippen LogP contribution in [0.3, 0.4) is 0 Å². The third-order valence-electron chi connectivity index (χ3n) is 6.15. The molecule has 0 aromatic rings. The molecule has 2 N–H and O–H groups in total. The SMILES string of the molecule is CC(C)N1CCC(CNC2CCCCC2C2CCCN2)C1. The molecule has 0 amide bonds. The Hall–Kier alpha value is -0.120. The molecule has 3 rings (SSSR count). The summed E-state index contributed by atoms with van der Waals surface area (Å²) in [6.07, 6.45) is 9.92. The number of hydrogen-bond acceptors (Lipinski definition) is 3. The minimum Gasteiger partial charge on any atom is -0.314 e. The molecule has 3 nitrogen and oxygen atoms in total. The van der Waals surface area contributed by atoms with Gasteiger partial charge in [0.15, 0.2) is 0 Å². The van der Waals surface area contributed by atoms with Crippen LogP contribution in [0.15, 0.2) is 0 Å². The highest BCUT2D eigenvalue weighted by molar-refractivity contribution is 4.92. The minimum atomic E-state index is 0.722. The van der Waals surface area contributed by atoms with Crippen LogP contribution in [-0.4, -0.2) is 49.2 Å². The highest BCUT2D eigenvalue weighted by Crippen LogP contribution is 2.31. The van der Waals surface area contributed by atoms with E-state index in [9.17, 15) is 0 Å². The summed E-state index contributed by atoms with van der Waals surface area (Å²) in [5.74, 6) is 1.77. The van der Waals surface area contributed by atoms with Gasteiger partial charge < -0.3 is 15.5 Å². The van der Waals surface area contributed by atoms with Gasteiger partial charge in [0.25, 0.3) is 0 Å². The van der Waals surface area contributed by atoms with Crippen molar-refractivity contribution >= 4 is 0 Å². The van der Waals surface area contributed by atoms with Crippen LogP contribution in [0.2, 0.25) is 0 Å². The minimum absolute atomic E-state index is 0.722. The predicted octanol–water partition coefficient (Wildman–Crippen LogP) is 2.62. The van der Waals surface area contributed by atoms with E-state index in [1.807, 2.05) is 0 Å². The Balaban J connectivity index is 1.46. The molecule has 3 fully saturated rings. The average molecular weight is 293 g/mol. The van der Waals surface area contributed by atoms with E-state index in [1.54, 1.807) is 0 Å². The second-order valence-electron chi connectivity index (χ2n) is 7.91. The molecule has 2 heterocycles. The first kappa shape index (κ1) is 15.8. The lowest BCUT2D eigenvalue weighted by Crippen LogP contribution is -2.48. The van der Waals surface area contributed by atoms with E-state index in [0.29, 0.717) is 0 Å². The van der Waals surface area contributed by atoms with Crippen LogP contribution in [0.25, 0.3) is 0 Å². The Kier molecular flexibility index (Phi) is 5.58. The fourth-order valence-electron chi connectivity index (χ4n) is 4.79. The number of nitrogens with one attached hydrogen (secondary N) is 2. The summed E-state index contributed by atoms with van der Waals surface area (Å²) >= 11 is 0. The molecule has 0 aromatic heterocycles. The van der Waals surface area contributed by atoms with Crippen LogP contribution < -0.4 is 10.6 Å². The third-order valence-corrected chi connectivity index (χ3v) is 6.15. The maximum absolute atomic E-state index is 3.98. The summed E-state index contributed by atoms with van der Waals surface area (Å²) < 4.78 is 0. The second kappa shape index (κ2) is 7.43. The van der Waals surface area contributed by atoms with E-state index >= 15 is 0 Å². The van der Waals surface area contributed by atoms with Crippen molar-refractivity contribution in [2.24, 2.45) is 11.8 Å². The molecule has 3 heteroatoms. The molecule has 0 radical (unpaired) electrons. The average Bonchev–Trinajstić information content (AvgIpc) is 3.17. The van der Waals surface area contributed by atoms with E-state index in [4.69, 9.17) is 0 Å². The van der Waals surface area contributed by atoms with Gasteiger partial charge in [0.05, 0.1) is 0 Å². The summed E-state index contributed by atoms with van der Waals surface area (Å²) in [5, 5.41) is 7.74. The van der Waals surface area contributed by atoms with Gasteiger partial charge in [0.1, 0.15) is 0 Å². The van der Waals surface area contributed by atoms with Crippen molar-refractivity contribution in [3.8, 4) is 0 Å². The molecule has 21 heavy (non-hydrogen) atoms. The lowest BCUT2D eigenvalue weighted by Gasteiger charge is -2.37. The van der Waals surface area contributed by atoms with Crippen LogP contribution in [0, 0.1) is 11.8 Å². The summed E-state index contributed by atoms with van der Waals surface area (Å²) in [6, 6.07) is 2.31. The van der Waals surface area contributed by atoms with E-state index in [2.05, 4.69) is 29.4 Å². The van der Waals surface area contributed by atoms with Gasteiger partial charge >= 0.3 is 0 Å². The number of hydrogen-bond donors (Lipinski definition) is 2. The van der Waals surface area contributed by atoms with Gasteiger partial charge in [0.2, 0.25) is 0 Å². The topological polar surface area (TPSA) is 27.3 Å². The van der Waals surface area contributed by atoms with E-state index < -0.39 is 0 Å². The maximum Gasteiger partial charge on any atom is 0.0111 e. The first-order valence-electron chi connectivity index (χ1n) is 9.45. The van der Waals surface area contributed by atoms with Crippen molar-refractivity contribution in [1.29, 1.82) is 0 Å². The third kappa shape index (κ3) is 4.00. The van der Waals surface area contributed by atoms with Gasteiger partial charge in [-0.3, -0.25) is 0 Å². The van der Waals surface area contributed by atoms with Crippen molar-refractivity contribution < 1.29 is 0 Å². The zero-order valence-corrected chi connectivity index (χ0v) is 14.1. The van der Waals surface area contributed by atoms with Crippen LogP contribution in [-0.2, 0) is 0 Å². The summed E-state index contributed by atoms with van der Waals surface area (Å²) in [6.45, 7) is 9.78. The van der Waals surface area contributed by atoms with Crippen LogP contribution in [0.1, 0.15) is 58.8 Å². The fourth-order valence-corrected chi connectivity index (χ4v) is 4.79. The predicted molar refractivity (Wildman–Crippen MR) is 89.6 cm³/mol. The maximum atomic E-state index is 3.98. The molecule has 4 atom stereocenters. The Morgan fingerprint density at radius 2 is 1.95 bits per heavy atom. The summed E-state index contributed by atoms with van der Waals surface area (Å²) in [7, 11) is 0. The van der Waals surface area contributed by atoms with Gasteiger partial charge in [-0.1, -0.05) is 12.8 Å². The first-order valence-corrected chi connectivity index (χ1v) is 9.45. The zero-order valence-electron chi connectivity index (χ0n) is 14.1. The van der Waals surface area contributed by atoms with E-state index in [-0.39, 0.29) is 0 Å². The molecule has 1 aliphatic carbocycles. The van der Waals surface area contributed by atoms with E-state index in [1.165, 1.54) is 71.1 Å². The molecule has 0 bridgehead atoms. The molecule has 1 saturated carbocycles. The number of nitrogens with zero attached hydrogens (tertiary/aromatic N) is 1. The molecular weight excluding hydrogens is 258 g/mol. The van der Waals surface area contributed by atoms with Crippen LogP contribution in [0.5, 0.6) is 0 Å². The Labute approximate surface area is 131 Å². The lowest BCUT2D eigenvalue weighted by molar-refractivity contribution is 0.205. The van der Waals surface area contributed by atoms with Crippen molar-refractivity contribution in [1.82, 2.24) is 15.5 Å². The number of likely N-dealkylation sites (tertiary alicyclic amines) is 1. The highest BCUT2D eigenvalue weighted by atomic mass is 15.2. The standard InChI is InChI=1S/C18H35N3/c1-14(2)21-11-9-15(13-21)12-20-18-7-4-3-6-16(18)17-8-5-10-19-17/h14-20H,3-13H2,1-2H3. The summed E-state index contributed by atoms with van der Waals surface area (Å²) in [4.78, 5) is 2.64. The molecular formula is C18H35N3. The van der Waals surface area contributed by atoms with E-state index in [0.717, 1.165) is 30.0 Å². The Bertz CT molecular complexity index is 312. The Morgan fingerprint density at radius 1 is 1.10 bits per heavy atom. The van der Waals surface area contributed by atoms with Crippen LogP contribution >= 0.6 is 0 Å². The van der Waals surface area contributed by atoms with Gasteiger partial charge in [-0.05, 0) is 77.4 Å². The normalized spacial score (nSPS) is 38.4. The molecule has 0 aromatic carbocycles. The Morgan fingerprint density at radius 3 is 2.67 bits per heavy atom. The monoisotopic (exact) mass is 293 g/mol. The van der Waals surface area contributed by atoms with Gasteiger partial charge in [0, 0.05) is 24.7 Å². The second-order valence-corrected chi connectivity index (χ2v) is 7.91. The van der Waals surface area contributed by atoms with Gasteiger partial charge in [-0.2, -0.15) is 0 Å². The first-order chi connectivity index (χ1) is 10.2. The lowest BCUT2D eigenvalue weighted by atomic mass is 9.79. The molecule has 2 aliphatic heterocycles. The van der Waals surface area contributed by atoms with Crippen molar-refractivity contribution in [3.63, 3.8) is 0 Å². The molecule has 2 saturated heterocycles. The van der Waals surface area contributed by atoms with Gasteiger partial charge in [-0.15, -0.1) is 0 Å². The molecule has 122 valence electrons. The molecule has 4 unspecified atom stereocenters. The van der Waals surface area contributed by atoms with Gasteiger partial charge in [-0.25, -0.2) is 0 Å². The van der Waals surface area contributed by atoms with Crippen molar-refractivity contribution in [2.45, 2.75) is 76.9 Å². The molecule has 0 spiro atoms. The van der Waals surface area contributed by atoms with Crippen molar-refractivity contribution in [3.05, 3.63) is 0 Å². The number of rotatable bonds is 5. The fraction of sp³-hybridized carbons (Fsp3) is 1.00. The largest absolute Gasteiger partial charge is 0.314 e. The zero-order chi connectivity index (χ0) is 14.7. The molecule has 3 aliphatic rings. The quantitative estimate of drug-likeness (QED) is 0.816. The summed E-state index contributed by atoms with van der Waals surface area (Å²) in [5.41, 5.74) is 0. The smallest absolute Gasteiger partial charge is 0.0111 e. The van der Waals surface area contributed by atoms with Crippen LogP contribution in [0.4, 0.5) is 0 Å². The van der Waals surface area contributed by atoms with Crippen molar-refractivity contribution in [2.75, 3.05) is 26.2 Å². The highest BCUT2D eigenvalue weighted by Gasteiger charge is 2.33.